The van der Waals surface area contributed by atoms with Crippen LogP contribution in [0.4, 0.5) is 0 Å². The topological polar surface area (TPSA) is 93.4 Å². The normalized spacial score (nSPS) is 10.0. The number of aromatic nitrogens is 4. The lowest BCUT2D eigenvalue weighted by Gasteiger charge is -2.03. The van der Waals surface area contributed by atoms with Gasteiger partial charge in [-0.25, -0.2) is 4.68 Å². The zero-order chi connectivity index (χ0) is 11.4. The number of hydrogen-bond donors (Lipinski definition) is 1. The molecular formula is C10H10N6. The van der Waals surface area contributed by atoms with E-state index in [2.05, 4.69) is 15.3 Å². The van der Waals surface area contributed by atoms with Crippen LogP contribution in [0.15, 0.2) is 24.5 Å². The van der Waals surface area contributed by atoms with Gasteiger partial charge >= 0.3 is 0 Å². The van der Waals surface area contributed by atoms with Crippen molar-refractivity contribution in [2.75, 3.05) is 0 Å². The highest BCUT2D eigenvalue weighted by Crippen LogP contribution is 2.20. The van der Waals surface area contributed by atoms with E-state index < -0.39 is 0 Å². The number of pyridine rings is 1. The molecule has 0 aliphatic rings. The standard InChI is InChI=1S/C10H10N6/c11-3-5-16-10(9(6-12)14-15-16)8-2-1-4-13-7-8/h1-2,4,7H,5-6,12H2. The molecule has 2 N–H and O–H groups in total. The Kier molecular flexibility index (Phi) is 2.89. The van der Waals surface area contributed by atoms with E-state index in [9.17, 15) is 0 Å². The van der Waals surface area contributed by atoms with E-state index in [1.54, 1.807) is 12.4 Å². The Morgan fingerprint density at radius 3 is 3.00 bits per heavy atom. The van der Waals surface area contributed by atoms with Gasteiger partial charge in [-0.05, 0) is 12.1 Å². The van der Waals surface area contributed by atoms with E-state index >= 15 is 0 Å². The zero-order valence-electron chi connectivity index (χ0n) is 8.54. The maximum atomic E-state index is 8.69. The van der Waals surface area contributed by atoms with Crippen molar-refractivity contribution >= 4 is 0 Å². The summed E-state index contributed by atoms with van der Waals surface area (Å²) in [5, 5.41) is 16.5. The first-order valence-corrected chi connectivity index (χ1v) is 4.76. The molecule has 0 amide bonds. The third kappa shape index (κ3) is 1.76. The summed E-state index contributed by atoms with van der Waals surface area (Å²) in [5.41, 5.74) is 7.87. The molecule has 0 saturated carbocycles. The van der Waals surface area contributed by atoms with Gasteiger partial charge in [-0.1, -0.05) is 5.21 Å². The summed E-state index contributed by atoms with van der Waals surface area (Å²) in [4.78, 5) is 4.02. The highest BCUT2D eigenvalue weighted by molar-refractivity contribution is 5.60. The number of hydrogen-bond acceptors (Lipinski definition) is 5. The average Bonchev–Trinajstić information content (AvgIpc) is 2.74. The van der Waals surface area contributed by atoms with Crippen molar-refractivity contribution in [2.24, 2.45) is 5.73 Å². The van der Waals surface area contributed by atoms with Gasteiger partial charge in [0.1, 0.15) is 12.2 Å². The molecule has 2 rings (SSSR count). The summed E-state index contributed by atoms with van der Waals surface area (Å²) in [6, 6.07) is 5.74. The van der Waals surface area contributed by atoms with Crippen LogP contribution in [0.5, 0.6) is 0 Å². The largest absolute Gasteiger partial charge is 0.325 e. The maximum absolute atomic E-state index is 8.69. The van der Waals surface area contributed by atoms with Crippen LogP contribution in [-0.2, 0) is 13.1 Å². The summed E-state index contributed by atoms with van der Waals surface area (Å²) in [6.07, 6.45) is 3.38. The molecule has 2 aromatic heterocycles. The van der Waals surface area contributed by atoms with Gasteiger partial charge in [0.2, 0.25) is 0 Å². The van der Waals surface area contributed by atoms with Crippen molar-refractivity contribution in [2.45, 2.75) is 13.1 Å². The summed E-state index contributed by atoms with van der Waals surface area (Å²) < 4.78 is 1.53. The summed E-state index contributed by atoms with van der Waals surface area (Å²) in [5.74, 6) is 0. The molecule has 80 valence electrons. The second-order valence-electron chi connectivity index (χ2n) is 3.15. The van der Waals surface area contributed by atoms with Crippen molar-refractivity contribution < 1.29 is 0 Å². The van der Waals surface area contributed by atoms with E-state index in [4.69, 9.17) is 11.0 Å². The Morgan fingerprint density at radius 2 is 2.38 bits per heavy atom. The minimum atomic E-state index is 0.150. The van der Waals surface area contributed by atoms with Gasteiger partial charge in [0, 0.05) is 24.5 Å². The van der Waals surface area contributed by atoms with Crippen LogP contribution in [0.1, 0.15) is 5.69 Å². The van der Waals surface area contributed by atoms with Crippen molar-refractivity contribution in [1.29, 1.82) is 5.26 Å². The summed E-state index contributed by atoms with van der Waals surface area (Å²) in [7, 11) is 0. The first-order valence-electron chi connectivity index (χ1n) is 4.76. The lowest BCUT2D eigenvalue weighted by molar-refractivity contribution is 0.673. The Morgan fingerprint density at radius 1 is 1.50 bits per heavy atom. The summed E-state index contributed by atoms with van der Waals surface area (Å²) in [6.45, 7) is 0.437. The monoisotopic (exact) mass is 214 g/mol. The zero-order valence-corrected chi connectivity index (χ0v) is 8.54. The van der Waals surface area contributed by atoms with Crippen LogP contribution in [-0.4, -0.2) is 20.0 Å². The van der Waals surface area contributed by atoms with Gasteiger partial charge in [-0.3, -0.25) is 4.98 Å². The molecule has 0 bridgehead atoms. The van der Waals surface area contributed by atoms with Gasteiger partial charge < -0.3 is 5.73 Å². The van der Waals surface area contributed by atoms with Gasteiger partial charge in [0.15, 0.2) is 0 Å². The molecular weight excluding hydrogens is 204 g/mol. The van der Waals surface area contributed by atoms with Crippen molar-refractivity contribution in [1.82, 2.24) is 20.0 Å². The smallest absolute Gasteiger partial charge is 0.130 e. The number of rotatable bonds is 3. The quantitative estimate of drug-likeness (QED) is 0.794. The SMILES string of the molecule is N#CCn1nnc(CN)c1-c1cccnc1. The molecule has 0 unspecified atom stereocenters. The Balaban J connectivity index is 2.53. The molecule has 0 aliphatic heterocycles. The Bertz CT molecular complexity index is 510. The van der Waals surface area contributed by atoms with Crippen LogP contribution in [0.25, 0.3) is 11.3 Å². The second kappa shape index (κ2) is 4.51. The highest BCUT2D eigenvalue weighted by Gasteiger charge is 2.13. The van der Waals surface area contributed by atoms with Crippen molar-refractivity contribution in [3.63, 3.8) is 0 Å². The lowest BCUT2D eigenvalue weighted by Crippen LogP contribution is -2.03. The first kappa shape index (κ1) is 10.3. The van der Waals surface area contributed by atoms with Crippen molar-refractivity contribution in [3.05, 3.63) is 30.2 Å². The van der Waals surface area contributed by atoms with E-state index in [1.807, 2.05) is 18.2 Å². The third-order valence-electron chi connectivity index (χ3n) is 2.15. The Hall–Kier alpha value is -2.26. The lowest BCUT2D eigenvalue weighted by atomic mass is 10.1. The molecule has 0 fully saturated rings. The molecule has 0 radical (unpaired) electrons. The van der Waals surface area contributed by atoms with E-state index in [1.165, 1.54) is 4.68 Å². The molecule has 6 heteroatoms. The first-order chi connectivity index (χ1) is 7.86. The fraction of sp³-hybridized carbons (Fsp3) is 0.200. The predicted octanol–water partition coefficient (Wildman–Crippen LogP) is 0.322. The van der Waals surface area contributed by atoms with Crippen LogP contribution in [0, 0.1) is 11.3 Å². The number of nitrogens with zero attached hydrogens (tertiary/aromatic N) is 5. The van der Waals surface area contributed by atoms with E-state index in [0.29, 0.717) is 5.69 Å². The van der Waals surface area contributed by atoms with Gasteiger partial charge in [0.25, 0.3) is 0 Å². The molecule has 0 saturated heterocycles. The molecule has 0 atom stereocenters. The number of nitriles is 1. The maximum Gasteiger partial charge on any atom is 0.130 e. The third-order valence-corrected chi connectivity index (χ3v) is 2.15. The van der Waals surface area contributed by atoms with Gasteiger partial charge in [-0.2, -0.15) is 5.26 Å². The molecule has 0 aliphatic carbocycles. The Labute approximate surface area is 92.3 Å². The van der Waals surface area contributed by atoms with Gasteiger partial charge in [-0.15, -0.1) is 5.10 Å². The fourth-order valence-electron chi connectivity index (χ4n) is 1.48. The van der Waals surface area contributed by atoms with Crippen molar-refractivity contribution in [3.8, 4) is 17.3 Å². The molecule has 0 spiro atoms. The van der Waals surface area contributed by atoms with Crippen LogP contribution in [0.2, 0.25) is 0 Å². The highest BCUT2D eigenvalue weighted by atomic mass is 15.4. The molecule has 2 aromatic rings. The number of nitrogens with two attached hydrogens (primary N) is 1. The van der Waals surface area contributed by atoms with Crippen LogP contribution in [0.3, 0.4) is 0 Å². The minimum Gasteiger partial charge on any atom is -0.325 e. The van der Waals surface area contributed by atoms with E-state index in [0.717, 1.165) is 11.3 Å². The van der Waals surface area contributed by atoms with E-state index in [-0.39, 0.29) is 13.1 Å². The van der Waals surface area contributed by atoms with Crippen LogP contribution < -0.4 is 5.73 Å². The van der Waals surface area contributed by atoms with Gasteiger partial charge in [0.05, 0.1) is 11.8 Å². The average molecular weight is 214 g/mol. The predicted molar refractivity (Wildman–Crippen MR) is 56.8 cm³/mol. The molecule has 2 heterocycles. The summed E-state index contributed by atoms with van der Waals surface area (Å²) >= 11 is 0. The second-order valence-corrected chi connectivity index (χ2v) is 3.15. The minimum absolute atomic E-state index is 0.150. The molecule has 6 nitrogen and oxygen atoms in total. The fourth-order valence-corrected chi connectivity index (χ4v) is 1.48. The molecule has 0 aromatic carbocycles. The van der Waals surface area contributed by atoms with Crippen LogP contribution >= 0.6 is 0 Å². The molecule has 16 heavy (non-hydrogen) atoms.